The van der Waals surface area contributed by atoms with Crippen molar-refractivity contribution < 1.29 is 28.5 Å². The number of carbonyl (C=O) groups is 1. The van der Waals surface area contributed by atoms with E-state index >= 15 is 0 Å². The molecule has 0 saturated heterocycles. The number of aromatic amines is 1. The first-order valence-corrected chi connectivity index (χ1v) is 10.2. The van der Waals surface area contributed by atoms with Crippen LogP contribution in [0, 0.1) is 0 Å². The lowest BCUT2D eigenvalue weighted by Crippen LogP contribution is -2.32. The Bertz CT molecular complexity index is 1330. The fourth-order valence-corrected chi connectivity index (χ4v) is 4.07. The molecule has 1 aromatic heterocycles. The smallest absolute Gasteiger partial charge is 0.340 e. The molecule has 3 aromatic rings. The van der Waals surface area contributed by atoms with E-state index in [4.69, 9.17) is 29.4 Å². The minimum Gasteiger partial charge on any atom is -0.496 e. The van der Waals surface area contributed by atoms with E-state index in [9.17, 15) is 9.59 Å². The Labute approximate surface area is 189 Å². The van der Waals surface area contributed by atoms with Crippen LogP contribution < -0.4 is 30.2 Å². The number of methoxy groups -OCH3 is 3. The molecule has 0 saturated carbocycles. The fourth-order valence-electron chi connectivity index (χ4n) is 4.07. The Hall–Kier alpha value is -4.14. The van der Waals surface area contributed by atoms with Gasteiger partial charge in [-0.2, -0.15) is 0 Å². The van der Waals surface area contributed by atoms with E-state index in [-0.39, 0.29) is 29.4 Å². The molecular weight excluding hydrogens is 428 g/mol. The number of nitrogens with one attached hydrogen (secondary N) is 1. The lowest BCUT2D eigenvalue weighted by molar-refractivity contribution is -0.139. The van der Waals surface area contributed by atoms with Crippen molar-refractivity contribution in [2.45, 2.75) is 12.8 Å². The van der Waals surface area contributed by atoms with Gasteiger partial charge in [0, 0.05) is 17.0 Å². The summed E-state index contributed by atoms with van der Waals surface area (Å²) < 4.78 is 27.6. The Kier molecular flexibility index (Phi) is 5.87. The highest BCUT2D eigenvalue weighted by molar-refractivity contribution is 5.95. The number of benzene rings is 2. The summed E-state index contributed by atoms with van der Waals surface area (Å²) in [5.74, 6) is -0.355. The number of fused-ring (bicyclic) bond motifs is 3. The van der Waals surface area contributed by atoms with Crippen LogP contribution in [0.1, 0.15) is 24.0 Å². The maximum Gasteiger partial charge on any atom is 0.340 e. The van der Waals surface area contributed by atoms with Gasteiger partial charge in [-0.15, -0.1) is 0 Å². The van der Waals surface area contributed by atoms with E-state index in [1.165, 1.54) is 21.3 Å². The maximum absolute atomic E-state index is 13.3. The largest absolute Gasteiger partial charge is 0.496 e. The summed E-state index contributed by atoms with van der Waals surface area (Å²) in [5, 5.41) is 0.641. The Morgan fingerprint density at radius 3 is 2.39 bits per heavy atom. The van der Waals surface area contributed by atoms with E-state index < -0.39 is 17.4 Å². The molecule has 1 aliphatic rings. The second-order valence-corrected chi connectivity index (χ2v) is 7.23. The van der Waals surface area contributed by atoms with Crippen LogP contribution in [0.3, 0.4) is 0 Å². The van der Waals surface area contributed by atoms with Crippen molar-refractivity contribution in [1.82, 2.24) is 4.98 Å². The number of ether oxygens (including phenoxy) is 5. The molecule has 1 atom stereocenters. The number of nitrogens with two attached hydrogens (primary N) is 1. The fraction of sp³-hybridized carbons (Fsp3) is 0.250. The van der Waals surface area contributed by atoms with Gasteiger partial charge in [0.2, 0.25) is 5.88 Å². The number of H-pyrrole nitrogens is 1. The van der Waals surface area contributed by atoms with E-state index in [2.05, 4.69) is 4.98 Å². The van der Waals surface area contributed by atoms with Crippen molar-refractivity contribution in [2.24, 2.45) is 5.73 Å². The summed E-state index contributed by atoms with van der Waals surface area (Å²) in [7, 11) is 4.47. The summed E-state index contributed by atoms with van der Waals surface area (Å²) in [6.45, 7) is 1.80. The van der Waals surface area contributed by atoms with Crippen molar-refractivity contribution >= 4 is 16.9 Å². The van der Waals surface area contributed by atoms with Gasteiger partial charge in [-0.1, -0.05) is 12.1 Å². The van der Waals surface area contributed by atoms with Gasteiger partial charge < -0.3 is 34.4 Å². The molecule has 172 valence electrons. The third kappa shape index (κ3) is 3.61. The average Bonchev–Trinajstić information content (AvgIpc) is 2.82. The molecule has 1 unspecified atom stereocenters. The normalized spacial score (nSPS) is 15.0. The third-order valence-electron chi connectivity index (χ3n) is 5.51. The molecule has 0 radical (unpaired) electrons. The monoisotopic (exact) mass is 452 g/mol. The number of carbonyl (C=O) groups excluding carboxylic acids is 1. The molecule has 0 fully saturated rings. The third-order valence-corrected chi connectivity index (χ3v) is 5.51. The summed E-state index contributed by atoms with van der Waals surface area (Å²) in [6, 6.07) is 10.4. The van der Waals surface area contributed by atoms with E-state index in [0.29, 0.717) is 33.7 Å². The van der Waals surface area contributed by atoms with Gasteiger partial charge in [0.05, 0.1) is 44.9 Å². The molecule has 0 bridgehead atoms. The molecule has 2 heterocycles. The molecule has 3 N–H and O–H groups in total. The Balaban J connectivity index is 2.10. The molecule has 33 heavy (non-hydrogen) atoms. The SMILES string of the molecule is CCOC(=O)C1=C(N)Oc2c(c(=O)[nH]c3ccccc23)C1c1cc(OC)c(OC)cc1OC. The molecule has 0 amide bonds. The molecule has 0 aliphatic carbocycles. The van der Waals surface area contributed by atoms with Gasteiger partial charge in [0.25, 0.3) is 5.56 Å². The van der Waals surface area contributed by atoms with Gasteiger partial charge >= 0.3 is 5.97 Å². The number of rotatable bonds is 6. The minimum atomic E-state index is -0.948. The van der Waals surface area contributed by atoms with E-state index in [0.717, 1.165) is 0 Å². The first-order chi connectivity index (χ1) is 15.9. The van der Waals surface area contributed by atoms with Crippen LogP contribution in [-0.2, 0) is 9.53 Å². The summed E-state index contributed by atoms with van der Waals surface area (Å²) in [4.78, 5) is 29.2. The van der Waals surface area contributed by atoms with Crippen LogP contribution in [0.15, 0.2) is 52.6 Å². The molecule has 4 rings (SSSR count). The topological polar surface area (TPSA) is 122 Å². The number of aromatic nitrogens is 1. The second-order valence-electron chi connectivity index (χ2n) is 7.23. The van der Waals surface area contributed by atoms with Gasteiger partial charge in [-0.05, 0) is 25.1 Å². The van der Waals surface area contributed by atoms with Crippen molar-refractivity contribution in [3.63, 3.8) is 0 Å². The molecule has 9 nitrogen and oxygen atoms in total. The van der Waals surface area contributed by atoms with E-state index in [1.54, 1.807) is 37.3 Å². The maximum atomic E-state index is 13.3. The van der Waals surface area contributed by atoms with Gasteiger partial charge in [0.1, 0.15) is 17.1 Å². The van der Waals surface area contributed by atoms with Crippen LogP contribution in [0.4, 0.5) is 0 Å². The molecular formula is C24H24N2O7. The summed E-state index contributed by atoms with van der Waals surface area (Å²) in [5.41, 5.74) is 7.07. The lowest BCUT2D eigenvalue weighted by atomic mass is 9.82. The van der Waals surface area contributed by atoms with Crippen molar-refractivity contribution in [1.29, 1.82) is 0 Å². The molecule has 1 aliphatic heterocycles. The van der Waals surface area contributed by atoms with Gasteiger partial charge in [-0.25, -0.2) is 4.79 Å². The van der Waals surface area contributed by atoms with Crippen LogP contribution in [0.5, 0.6) is 23.0 Å². The molecule has 0 spiro atoms. The molecule has 2 aromatic carbocycles. The van der Waals surface area contributed by atoms with Crippen LogP contribution in [-0.4, -0.2) is 38.9 Å². The quantitative estimate of drug-likeness (QED) is 0.548. The predicted octanol–water partition coefficient (Wildman–Crippen LogP) is 2.81. The van der Waals surface area contributed by atoms with Crippen LogP contribution in [0.2, 0.25) is 0 Å². The second kappa shape index (κ2) is 8.78. The average molecular weight is 452 g/mol. The van der Waals surface area contributed by atoms with Gasteiger partial charge in [0.15, 0.2) is 11.5 Å². The Morgan fingerprint density at radius 2 is 1.73 bits per heavy atom. The highest BCUT2D eigenvalue weighted by Crippen LogP contribution is 2.48. The summed E-state index contributed by atoms with van der Waals surface area (Å²) in [6.07, 6.45) is 0. The number of hydrogen-bond donors (Lipinski definition) is 2. The lowest BCUT2D eigenvalue weighted by Gasteiger charge is -2.29. The highest BCUT2D eigenvalue weighted by atomic mass is 16.5. The van der Waals surface area contributed by atoms with Crippen molar-refractivity contribution in [3.05, 3.63) is 69.3 Å². The zero-order valence-electron chi connectivity index (χ0n) is 18.7. The Morgan fingerprint density at radius 1 is 1.06 bits per heavy atom. The number of hydrogen-bond acceptors (Lipinski definition) is 8. The number of para-hydroxylation sites is 1. The minimum absolute atomic E-state index is 0.00403. The van der Waals surface area contributed by atoms with Gasteiger partial charge in [-0.3, -0.25) is 4.79 Å². The van der Waals surface area contributed by atoms with Crippen LogP contribution >= 0.6 is 0 Å². The zero-order chi connectivity index (χ0) is 23.7. The van der Waals surface area contributed by atoms with E-state index in [1.807, 2.05) is 6.07 Å². The number of esters is 1. The van der Waals surface area contributed by atoms with Crippen LogP contribution in [0.25, 0.3) is 10.9 Å². The number of pyridine rings is 1. The van der Waals surface area contributed by atoms with Crippen molar-refractivity contribution in [2.75, 3.05) is 27.9 Å². The zero-order valence-corrected chi connectivity index (χ0v) is 18.7. The first-order valence-electron chi connectivity index (χ1n) is 10.2. The first kappa shape index (κ1) is 22.1. The predicted molar refractivity (Wildman–Crippen MR) is 121 cm³/mol. The van der Waals surface area contributed by atoms with Crippen molar-refractivity contribution in [3.8, 4) is 23.0 Å². The highest BCUT2D eigenvalue weighted by Gasteiger charge is 2.40. The summed E-state index contributed by atoms with van der Waals surface area (Å²) >= 11 is 0. The standard InChI is InChI=1S/C24H24N2O7/c1-5-32-24(28)20-18(13-10-16(30-3)17(31-4)11-15(13)29-2)19-21(33-22(20)25)12-8-6-7-9-14(12)26-23(19)27/h6-11,18H,5,25H2,1-4H3,(H,26,27). The molecule has 9 heteroatoms.